The van der Waals surface area contributed by atoms with Crippen molar-refractivity contribution in [2.24, 2.45) is 5.10 Å². The van der Waals surface area contributed by atoms with Gasteiger partial charge in [0.05, 0.1) is 6.21 Å². The molecule has 0 fully saturated rings. The molecule has 3 N–H and O–H groups in total. The van der Waals surface area contributed by atoms with E-state index >= 15 is 0 Å². The molecular formula is C22H20N6O2. The van der Waals surface area contributed by atoms with Crippen LogP contribution in [0.15, 0.2) is 89.9 Å². The van der Waals surface area contributed by atoms with Crippen LogP contribution in [0.4, 0.5) is 5.95 Å². The van der Waals surface area contributed by atoms with E-state index in [1.165, 1.54) is 12.4 Å². The fourth-order valence-corrected chi connectivity index (χ4v) is 2.36. The molecule has 150 valence electrons. The van der Waals surface area contributed by atoms with Gasteiger partial charge in [-0.25, -0.2) is 15.4 Å². The summed E-state index contributed by atoms with van der Waals surface area (Å²) in [7, 11) is 0. The van der Waals surface area contributed by atoms with Crippen LogP contribution in [0.1, 0.15) is 21.6 Å². The van der Waals surface area contributed by atoms with Crippen LogP contribution in [-0.2, 0) is 4.79 Å². The number of hydrogen-bond acceptors (Lipinski definition) is 6. The quantitative estimate of drug-likeness (QED) is 0.321. The molecule has 0 bridgehead atoms. The molecule has 2 aromatic carbocycles. The highest BCUT2D eigenvalue weighted by atomic mass is 16.2. The van der Waals surface area contributed by atoms with Crippen molar-refractivity contribution in [1.29, 1.82) is 0 Å². The third kappa shape index (κ3) is 6.10. The number of nitrogens with zero attached hydrogens (tertiary/aromatic N) is 3. The van der Waals surface area contributed by atoms with Gasteiger partial charge >= 0.3 is 0 Å². The fraction of sp³-hybridized carbons (Fsp3) is 0.0455. The van der Waals surface area contributed by atoms with Crippen molar-refractivity contribution >= 4 is 24.0 Å². The van der Waals surface area contributed by atoms with E-state index in [0.29, 0.717) is 11.5 Å². The maximum Gasteiger partial charge on any atom is 0.289 e. The van der Waals surface area contributed by atoms with Crippen molar-refractivity contribution in [3.05, 3.63) is 102 Å². The molecule has 0 atom stereocenters. The fourth-order valence-electron chi connectivity index (χ4n) is 2.36. The summed E-state index contributed by atoms with van der Waals surface area (Å²) in [6.07, 6.45) is 4.42. The molecule has 0 aliphatic carbocycles. The molecule has 0 unspecified atom stereocenters. The van der Waals surface area contributed by atoms with E-state index in [1.807, 2.05) is 37.3 Å². The van der Waals surface area contributed by atoms with Gasteiger partial charge in [-0.3, -0.25) is 9.59 Å². The zero-order chi connectivity index (χ0) is 21.2. The molecule has 0 aliphatic rings. The van der Waals surface area contributed by atoms with Crippen LogP contribution in [0.5, 0.6) is 0 Å². The van der Waals surface area contributed by atoms with E-state index in [1.54, 1.807) is 42.6 Å². The Morgan fingerprint density at radius 1 is 0.967 bits per heavy atom. The number of hydrazone groups is 1. The summed E-state index contributed by atoms with van der Waals surface area (Å²) in [5.74, 6) is -0.746. The smallest absolute Gasteiger partial charge is 0.289 e. The Kier molecular flexibility index (Phi) is 6.99. The summed E-state index contributed by atoms with van der Waals surface area (Å²) in [6, 6.07) is 19.6. The molecular weight excluding hydrogens is 380 g/mol. The van der Waals surface area contributed by atoms with E-state index in [0.717, 1.165) is 11.3 Å². The SMILES string of the molecule is Cc1ccnc(NC=C(NC(=O)c2ccccc2)C(=O)NN=Cc2ccccc2)n1. The number of rotatable bonds is 7. The largest absolute Gasteiger partial charge is 0.328 e. The Balaban J connectivity index is 1.75. The Morgan fingerprint density at radius 2 is 1.67 bits per heavy atom. The molecule has 0 radical (unpaired) electrons. The minimum absolute atomic E-state index is 0.0424. The van der Waals surface area contributed by atoms with E-state index < -0.39 is 11.8 Å². The number of carbonyl (C=O) groups is 2. The topological polar surface area (TPSA) is 108 Å². The zero-order valence-electron chi connectivity index (χ0n) is 16.2. The van der Waals surface area contributed by atoms with Gasteiger partial charge in [0.15, 0.2) is 0 Å². The minimum Gasteiger partial charge on any atom is -0.328 e. The van der Waals surface area contributed by atoms with Crippen molar-refractivity contribution in [1.82, 2.24) is 20.7 Å². The van der Waals surface area contributed by atoms with Crippen LogP contribution in [-0.4, -0.2) is 28.0 Å². The number of anilines is 1. The van der Waals surface area contributed by atoms with Crippen molar-refractivity contribution in [3.63, 3.8) is 0 Å². The van der Waals surface area contributed by atoms with Crippen LogP contribution in [0.3, 0.4) is 0 Å². The zero-order valence-corrected chi connectivity index (χ0v) is 16.2. The second kappa shape index (κ2) is 10.3. The molecule has 0 saturated carbocycles. The molecule has 2 amide bonds. The van der Waals surface area contributed by atoms with E-state index in [2.05, 4.69) is 31.1 Å². The molecule has 0 aliphatic heterocycles. The summed E-state index contributed by atoms with van der Waals surface area (Å²) < 4.78 is 0. The normalized spacial score (nSPS) is 11.2. The Bertz CT molecular complexity index is 1070. The lowest BCUT2D eigenvalue weighted by molar-refractivity contribution is -0.117. The van der Waals surface area contributed by atoms with Crippen LogP contribution in [0, 0.1) is 6.92 Å². The number of amides is 2. The van der Waals surface area contributed by atoms with Gasteiger partial charge in [0.25, 0.3) is 11.8 Å². The van der Waals surface area contributed by atoms with E-state index in [9.17, 15) is 9.59 Å². The monoisotopic (exact) mass is 400 g/mol. The van der Waals surface area contributed by atoms with E-state index in [-0.39, 0.29) is 5.70 Å². The molecule has 3 rings (SSSR count). The average Bonchev–Trinajstić information content (AvgIpc) is 2.77. The number of hydrogen-bond donors (Lipinski definition) is 3. The lowest BCUT2D eigenvalue weighted by Crippen LogP contribution is -2.33. The Morgan fingerprint density at radius 3 is 2.37 bits per heavy atom. The van der Waals surface area contributed by atoms with Crippen LogP contribution < -0.4 is 16.1 Å². The van der Waals surface area contributed by atoms with Crippen molar-refractivity contribution in [2.45, 2.75) is 6.92 Å². The highest BCUT2D eigenvalue weighted by Gasteiger charge is 2.14. The van der Waals surface area contributed by atoms with Gasteiger partial charge in [0, 0.05) is 23.7 Å². The summed E-state index contributed by atoms with van der Waals surface area (Å²) >= 11 is 0. The Hall–Kier alpha value is -4.33. The number of aryl methyl sites for hydroxylation is 1. The molecule has 0 spiro atoms. The number of benzene rings is 2. The van der Waals surface area contributed by atoms with Gasteiger partial charge in [-0.05, 0) is 30.7 Å². The van der Waals surface area contributed by atoms with Gasteiger partial charge in [0.1, 0.15) is 5.70 Å². The van der Waals surface area contributed by atoms with Gasteiger partial charge in [-0.1, -0.05) is 48.5 Å². The molecule has 0 saturated heterocycles. The Labute approximate surface area is 173 Å². The predicted octanol–water partition coefficient (Wildman–Crippen LogP) is 2.62. The van der Waals surface area contributed by atoms with Crippen molar-refractivity contribution in [2.75, 3.05) is 5.32 Å². The first-order valence-corrected chi connectivity index (χ1v) is 9.13. The lowest BCUT2D eigenvalue weighted by atomic mass is 10.2. The highest BCUT2D eigenvalue weighted by Crippen LogP contribution is 2.03. The molecule has 8 heteroatoms. The highest BCUT2D eigenvalue weighted by molar-refractivity contribution is 6.03. The summed E-state index contributed by atoms with van der Waals surface area (Å²) in [5.41, 5.74) is 4.35. The third-order valence-electron chi connectivity index (χ3n) is 3.85. The second-order valence-electron chi connectivity index (χ2n) is 6.15. The first-order valence-electron chi connectivity index (χ1n) is 9.13. The van der Waals surface area contributed by atoms with Gasteiger partial charge in [-0.15, -0.1) is 0 Å². The van der Waals surface area contributed by atoms with Crippen LogP contribution in [0.2, 0.25) is 0 Å². The van der Waals surface area contributed by atoms with Crippen molar-refractivity contribution in [3.8, 4) is 0 Å². The maximum atomic E-state index is 12.6. The molecule has 3 aromatic rings. The molecule has 1 aromatic heterocycles. The van der Waals surface area contributed by atoms with Crippen molar-refractivity contribution < 1.29 is 9.59 Å². The maximum absolute atomic E-state index is 12.6. The number of aromatic nitrogens is 2. The summed E-state index contributed by atoms with van der Waals surface area (Å²) in [6.45, 7) is 1.82. The van der Waals surface area contributed by atoms with Crippen LogP contribution >= 0.6 is 0 Å². The summed E-state index contributed by atoms with van der Waals surface area (Å²) in [4.78, 5) is 33.4. The van der Waals surface area contributed by atoms with E-state index in [4.69, 9.17) is 0 Å². The van der Waals surface area contributed by atoms with Crippen LogP contribution in [0.25, 0.3) is 0 Å². The average molecular weight is 400 g/mol. The molecule has 1 heterocycles. The second-order valence-corrected chi connectivity index (χ2v) is 6.15. The standard InChI is InChI=1S/C22H20N6O2/c1-16-12-13-23-22(26-16)24-15-19(27-20(29)18-10-6-3-7-11-18)21(30)28-25-14-17-8-4-2-5-9-17/h2-15H,1H3,(H,27,29)(H,28,30)(H,23,24,26). The van der Waals surface area contributed by atoms with Gasteiger partial charge in [0.2, 0.25) is 5.95 Å². The third-order valence-corrected chi connectivity index (χ3v) is 3.85. The first-order chi connectivity index (χ1) is 14.6. The lowest BCUT2D eigenvalue weighted by Gasteiger charge is -2.09. The summed E-state index contributed by atoms with van der Waals surface area (Å²) in [5, 5.41) is 9.34. The first kappa shape index (κ1) is 20.4. The number of nitrogens with one attached hydrogen (secondary N) is 3. The molecule has 8 nitrogen and oxygen atoms in total. The van der Waals surface area contributed by atoms with Gasteiger partial charge < -0.3 is 10.6 Å². The molecule has 30 heavy (non-hydrogen) atoms. The number of carbonyl (C=O) groups excluding carboxylic acids is 2. The predicted molar refractivity (Wildman–Crippen MR) is 115 cm³/mol. The van der Waals surface area contributed by atoms with Gasteiger partial charge in [-0.2, -0.15) is 5.10 Å². The minimum atomic E-state index is -0.605.